The van der Waals surface area contributed by atoms with Gasteiger partial charge >= 0.3 is 12.1 Å². The Morgan fingerprint density at radius 2 is 1.56 bits per heavy atom. The van der Waals surface area contributed by atoms with Crippen molar-refractivity contribution in [2.45, 2.75) is 65.2 Å². The molecule has 0 fully saturated rings. The van der Waals surface area contributed by atoms with E-state index in [2.05, 4.69) is 5.32 Å². The third-order valence-corrected chi connectivity index (χ3v) is 3.44. The molecule has 1 atom stereocenters. The number of rotatable bonds is 7. The topological polar surface area (TPSA) is 73.9 Å². The van der Waals surface area contributed by atoms with Crippen molar-refractivity contribution in [2.75, 3.05) is 12.2 Å². The van der Waals surface area contributed by atoms with Crippen LogP contribution in [0.25, 0.3) is 0 Å². The normalized spacial score (nSPS) is 12.9. The summed E-state index contributed by atoms with van der Waals surface area (Å²) in [5, 5.41) is 2.62. The molecule has 1 aromatic carbocycles. The van der Waals surface area contributed by atoms with Crippen molar-refractivity contribution in [3.05, 3.63) is 29.8 Å². The maximum Gasteiger partial charge on any atom is 0.408 e. The predicted molar refractivity (Wildman–Crippen MR) is 108 cm³/mol. The highest BCUT2D eigenvalue weighted by molar-refractivity contribution is 7.98. The summed E-state index contributed by atoms with van der Waals surface area (Å²) in [6.45, 7) is 10.7. The number of carbonyl (C=O) groups excluding carboxylic acids is 2. The highest BCUT2D eigenvalue weighted by atomic mass is 32.2. The number of alkyl carbamates (subject to hydrolysis) is 1. The summed E-state index contributed by atoms with van der Waals surface area (Å²) in [6, 6.07) is 6.56. The standard InChI is InChI=1S/C20H31NO5S/c1-19(2,3)25-17(22)16(21-18(23)26-20(4,5)6)12-14-8-10-15(11-9-14)24-13-27-7/h8-11,16H,12-13H2,1-7H3,(H,21,23). The summed E-state index contributed by atoms with van der Waals surface area (Å²) >= 11 is 1.59. The molecule has 7 heteroatoms. The van der Waals surface area contributed by atoms with Gasteiger partial charge in [0.2, 0.25) is 0 Å². The van der Waals surface area contributed by atoms with Gasteiger partial charge in [-0.15, -0.1) is 11.8 Å². The molecule has 1 unspecified atom stereocenters. The molecule has 1 aromatic rings. The van der Waals surface area contributed by atoms with Crippen LogP contribution in [0.3, 0.4) is 0 Å². The lowest BCUT2D eigenvalue weighted by molar-refractivity contribution is -0.157. The van der Waals surface area contributed by atoms with E-state index in [1.165, 1.54) is 0 Å². The number of amides is 1. The third-order valence-electron chi connectivity index (χ3n) is 3.09. The van der Waals surface area contributed by atoms with Crippen LogP contribution in [0.5, 0.6) is 5.75 Å². The van der Waals surface area contributed by atoms with Crippen molar-refractivity contribution < 1.29 is 23.8 Å². The zero-order valence-electron chi connectivity index (χ0n) is 17.3. The van der Waals surface area contributed by atoms with Gasteiger partial charge in [0.05, 0.1) is 0 Å². The number of esters is 1. The summed E-state index contributed by atoms with van der Waals surface area (Å²) in [7, 11) is 0. The van der Waals surface area contributed by atoms with Gasteiger partial charge in [0.1, 0.15) is 28.9 Å². The number of benzene rings is 1. The molecule has 27 heavy (non-hydrogen) atoms. The van der Waals surface area contributed by atoms with Crippen LogP contribution in [0.1, 0.15) is 47.1 Å². The lowest BCUT2D eigenvalue weighted by atomic mass is 10.1. The van der Waals surface area contributed by atoms with Crippen molar-refractivity contribution in [3.8, 4) is 5.75 Å². The van der Waals surface area contributed by atoms with Crippen LogP contribution in [0, 0.1) is 0 Å². The molecule has 1 N–H and O–H groups in total. The van der Waals surface area contributed by atoms with Gasteiger partial charge in [-0.25, -0.2) is 9.59 Å². The van der Waals surface area contributed by atoms with Crippen LogP contribution < -0.4 is 10.1 Å². The minimum absolute atomic E-state index is 0.289. The third kappa shape index (κ3) is 10.1. The molecule has 0 heterocycles. The molecule has 0 bridgehead atoms. The summed E-state index contributed by atoms with van der Waals surface area (Å²) in [4.78, 5) is 24.7. The molecule has 0 aliphatic rings. The fourth-order valence-electron chi connectivity index (χ4n) is 2.10. The number of thioether (sulfide) groups is 1. The fraction of sp³-hybridized carbons (Fsp3) is 0.600. The quantitative estimate of drug-likeness (QED) is 0.550. The lowest BCUT2D eigenvalue weighted by Crippen LogP contribution is -2.47. The van der Waals surface area contributed by atoms with Crippen LogP contribution in [-0.4, -0.2) is 41.5 Å². The molecule has 0 spiro atoms. The first kappa shape index (κ1) is 23.1. The van der Waals surface area contributed by atoms with E-state index in [9.17, 15) is 9.59 Å². The van der Waals surface area contributed by atoms with E-state index in [1.54, 1.807) is 53.3 Å². The average Bonchev–Trinajstić information content (AvgIpc) is 2.50. The molecular weight excluding hydrogens is 366 g/mol. The van der Waals surface area contributed by atoms with Gasteiger partial charge in [-0.3, -0.25) is 0 Å². The van der Waals surface area contributed by atoms with Crippen molar-refractivity contribution in [2.24, 2.45) is 0 Å². The van der Waals surface area contributed by atoms with E-state index >= 15 is 0 Å². The van der Waals surface area contributed by atoms with Crippen molar-refractivity contribution in [3.63, 3.8) is 0 Å². The molecule has 0 saturated carbocycles. The maximum absolute atomic E-state index is 12.6. The Kier molecular flexibility index (Phi) is 8.47. The van der Waals surface area contributed by atoms with E-state index in [0.717, 1.165) is 11.3 Å². The number of ether oxygens (including phenoxy) is 3. The minimum Gasteiger partial charge on any atom is -0.483 e. The highest BCUT2D eigenvalue weighted by Crippen LogP contribution is 2.17. The van der Waals surface area contributed by atoms with Crippen LogP contribution in [0.2, 0.25) is 0 Å². The van der Waals surface area contributed by atoms with Gasteiger partial charge in [0.15, 0.2) is 0 Å². The Labute approximate surface area is 166 Å². The molecule has 0 aliphatic heterocycles. The Morgan fingerprint density at radius 1 is 1.00 bits per heavy atom. The average molecular weight is 398 g/mol. The van der Waals surface area contributed by atoms with Gasteiger partial charge in [0, 0.05) is 6.42 Å². The Hall–Kier alpha value is -1.89. The van der Waals surface area contributed by atoms with Gasteiger partial charge in [0.25, 0.3) is 0 Å². The first-order valence-electron chi connectivity index (χ1n) is 8.82. The summed E-state index contributed by atoms with van der Waals surface area (Å²) in [6.07, 6.45) is 1.59. The lowest BCUT2D eigenvalue weighted by Gasteiger charge is -2.26. The molecule has 0 radical (unpaired) electrons. The Balaban J connectivity index is 2.86. The molecule has 1 amide bonds. The SMILES string of the molecule is CSCOc1ccc(CC(NC(=O)OC(C)(C)C)C(=O)OC(C)(C)C)cc1. The smallest absolute Gasteiger partial charge is 0.408 e. The largest absolute Gasteiger partial charge is 0.483 e. The first-order chi connectivity index (χ1) is 12.4. The maximum atomic E-state index is 12.6. The van der Waals surface area contributed by atoms with Crippen LogP contribution in [-0.2, 0) is 20.7 Å². The molecule has 0 aliphatic carbocycles. The van der Waals surface area contributed by atoms with Crippen LogP contribution in [0.4, 0.5) is 4.79 Å². The second-order valence-corrected chi connectivity index (χ2v) is 8.94. The highest BCUT2D eigenvalue weighted by Gasteiger charge is 2.28. The number of hydrogen-bond donors (Lipinski definition) is 1. The van der Waals surface area contributed by atoms with Crippen LogP contribution in [0.15, 0.2) is 24.3 Å². The zero-order chi connectivity index (χ0) is 20.7. The van der Waals surface area contributed by atoms with Gasteiger partial charge in [-0.05, 0) is 65.5 Å². The molecule has 0 aromatic heterocycles. The molecule has 0 saturated heterocycles. The first-order valence-corrected chi connectivity index (χ1v) is 10.2. The van der Waals surface area contributed by atoms with E-state index in [1.807, 2.05) is 30.5 Å². The van der Waals surface area contributed by atoms with E-state index < -0.39 is 29.3 Å². The van der Waals surface area contributed by atoms with E-state index in [4.69, 9.17) is 14.2 Å². The minimum atomic E-state index is -0.850. The van der Waals surface area contributed by atoms with Gasteiger partial charge < -0.3 is 19.5 Å². The summed E-state index contributed by atoms with van der Waals surface area (Å²) in [5.41, 5.74) is -0.433. The van der Waals surface area contributed by atoms with Crippen LogP contribution >= 0.6 is 11.8 Å². The number of nitrogens with one attached hydrogen (secondary N) is 1. The number of carbonyl (C=O) groups is 2. The monoisotopic (exact) mass is 397 g/mol. The van der Waals surface area contributed by atoms with E-state index in [0.29, 0.717) is 5.94 Å². The predicted octanol–water partition coefficient (Wildman–Crippen LogP) is 4.16. The van der Waals surface area contributed by atoms with Gasteiger partial charge in [-0.2, -0.15) is 0 Å². The molecule has 152 valence electrons. The Morgan fingerprint density at radius 3 is 2.04 bits per heavy atom. The van der Waals surface area contributed by atoms with Crippen molar-refractivity contribution in [1.29, 1.82) is 0 Å². The van der Waals surface area contributed by atoms with Crippen molar-refractivity contribution >= 4 is 23.8 Å². The second kappa shape index (κ2) is 9.88. The zero-order valence-corrected chi connectivity index (χ0v) is 18.1. The fourth-order valence-corrected chi connectivity index (χ4v) is 2.35. The summed E-state index contributed by atoms with van der Waals surface area (Å²) < 4.78 is 16.2. The van der Waals surface area contributed by atoms with E-state index in [-0.39, 0.29) is 6.42 Å². The Bertz CT molecular complexity index is 617. The number of hydrogen-bond acceptors (Lipinski definition) is 6. The van der Waals surface area contributed by atoms with Gasteiger partial charge in [-0.1, -0.05) is 12.1 Å². The molecular formula is C20H31NO5S. The van der Waals surface area contributed by atoms with Crippen molar-refractivity contribution in [1.82, 2.24) is 5.32 Å². The molecule has 1 rings (SSSR count). The summed E-state index contributed by atoms with van der Waals surface area (Å²) in [5.74, 6) is 0.818. The molecule has 6 nitrogen and oxygen atoms in total. The second-order valence-electron chi connectivity index (χ2n) is 8.13.